The molecule has 0 radical (unpaired) electrons. The zero-order valence-corrected chi connectivity index (χ0v) is 12.6. The Morgan fingerprint density at radius 1 is 1.19 bits per heavy atom. The van der Waals surface area contributed by atoms with Crippen molar-refractivity contribution in [3.8, 4) is 6.07 Å². The second-order valence-electron chi connectivity index (χ2n) is 5.22. The van der Waals surface area contributed by atoms with Gasteiger partial charge < -0.3 is 5.32 Å². The molecule has 0 unspecified atom stereocenters. The van der Waals surface area contributed by atoms with Crippen LogP contribution in [-0.4, -0.2) is 5.91 Å². The van der Waals surface area contributed by atoms with E-state index in [0.717, 1.165) is 25.3 Å². The Morgan fingerprint density at radius 2 is 1.86 bits per heavy atom. The van der Waals surface area contributed by atoms with E-state index in [2.05, 4.69) is 12.2 Å². The van der Waals surface area contributed by atoms with Crippen molar-refractivity contribution in [1.82, 2.24) is 0 Å². The number of benzene rings is 1. The summed E-state index contributed by atoms with van der Waals surface area (Å²) in [5.41, 5.74) is 0.537. The molecule has 0 aliphatic rings. The van der Waals surface area contributed by atoms with E-state index in [1.807, 2.05) is 6.07 Å². The number of carbonyl (C=O) groups excluding carboxylic acids is 1. The van der Waals surface area contributed by atoms with Crippen LogP contribution in [0.4, 0.5) is 10.1 Å². The monoisotopic (exact) mass is 290 g/mol. The highest BCUT2D eigenvalue weighted by atomic mass is 19.1. The molecule has 1 aromatic rings. The standard InChI is InChI=1S/C17H23FN2O/c1-2-3-4-5-6-7-8-9-17(21)20-16-11-10-15(18)12-14(16)13-19/h10-12H,2-9H2,1H3,(H,20,21). The van der Waals surface area contributed by atoms with Crippen molar-refractivity contribution in [2.24, 2.45) is 0 Å². The maximum atomic E-state index is 13.0. The van der Waals surface area contributed by atoms with Crippen molar-refractivity contribution < 1.29 is 9.18 Å². The van der Waals surface area contributed by atoms with Crippen molar-refractivity contribution in [3.05, 3.63) is 29.6 Å². The summed E-state index contributed by atoms with van der Waals surface area (Å²) < 4.78 is 13.0. The predicted octanol–water partition coefficient (Wildman–Crippen LogP) is 4.78. The number of hydrogen-bond acceptors (Lipinski definition) is 2. The smallest absolute Gasteiger partial charge is 0.224 e. The maximum Gasteiger partial charge on any atom is 0.224 e. The number of anilines is 1. The van der Waals surface area contributed by atoms with Crippen LogP contribution in [0, 0.1) is 17.1 Å². The predicted molar refractivity (Wildman–Crippen MR) is 82.4 cm³/mol. The van der Waals surface area contributed by atoms with Gasteiger partial charge in [-0.05, 0) is 24.6 Å². The minimum atomic E-state index is -0.475. The highest BCUT2D eigenvalue weighted by Gasteiger charge is 2.07. The van der Waals surface area contributed by atoms with Gasteiger partial charge in [-0.15, -0.1) is 0 Å². The molecule has 21 heavy (non-hydrogen) atoms. The Balaban J connectivity index is 2.27. The Morgan fingerprint density at radius 3 is 2.52 bits per heavy atom. The molecule has 0 aromatic heterocycles. The zero-order valence-electron chi connectivity index (χ0n) is 12.6. The molecule has 1 amide bonds. The number of carbonyl (C=O) groups is 1. The number of unbranched alkanes of at least 4 members (excludes halogenated alkanes) is 6. The minimum absolute atomic E-state index is 0.119. The number of rotatable bonds is 9. The quantitative estimate of drug-likeness (QED) is 0.666. The fourth-order valence-corrected chi connectivity index (χ4v) is 2.17. The molecule has 0 atom stereocenters. The first-order chi connectivity index (χ1) is 10.2. The average Bonchev–Trinajstić information content (AvgIpc) is 2.48. The summed E-state index contributed by atoms with van der Waals surface area (Å²) in [6, 6.07) is 5.68. The molecule has 0 saturated heterocycles. The van der Waals surface area contributed by atoms with E-state index >= 15 is 0 Å². The van der Waals surface area contributed by atoms with Gasteiger partial charge in [-0.1, -0.05) is 45.4 Å². The number of nitrogens with zero attached hydrogens (tertiary/aromatic N) is 1. The molecular formula is C17H23FN2O. The van der Waals surface area contributed by atoms with E-state index in [9.17, 15) is 9.18 Å². The first-order valence-corrected chi connectivity index (χ1v) is 7.67. The van der Waals surface area contributed by atoms with Gasteiger partial charge in [-0.25, -0.2) is 4.39 Å². The van der Waals surface area contributed by atoms with Gasteiger partial charge in [-0.3, -0.25) is 4.79 Å². The number of nitriles is 1. The Hall–Kier alpha value is -1.89. The molecule has 114 valence electrons. The van der Waals surface area contributed by atoms with Gasteiger partial charge in [0, 0.05) is 6.42 Å². The average molecular weight is 290 g/mol. The molecular weight excluding hydrogens is 267 g/mol. The van der Waals surface area contributed by atoms with E-state index < -0.39 is 5.82 Å². The zero-order chi connectivity index (χ0) is 15.5. The van der Waals surface area contributed by atoms with E-state index in [1.54, 1.807) is 0 Å². The summed E-state index contributed by atoms with van der Waals surface area (Å²) in [6.45, 7) is 2.19. The van der Waals surface area contributed by atoms with Crippen molar-refractivity contribution in [2.45, 2.75) is 58.3 Å². The maximum absolute atomic E-state index is 13.0. The Bertz CT molecular complexity index is 494. The lowest BCUT2D eigenvalue weighted by atomic mass is 10.1. The lowest BCUT2D eigenvalue weighted by Gasteiger charge is -2.07. The van der Waals surface area contributed by atoms with Gasteiger partial charge in [0.25, 0.3) is 0 Å². The third-order valence-corrected chi connectivity index (χ3v) is 3.38. The van der Waals surface area contributed by atoms with Crippen LogP contribution in [0.3, 0.4) is 0 Å². The summed E-state index contributed by atoms with van der Waals surface area (Å²) in [4.78, 5) is 11.8. The Labute approximate surface area is 126 Å². The van der Waals surface area contributed by atoms with Crippen LogP contribution >= 0.6 is 0 Å². The highest BCUT2D eigenvalue weighted by molar-refractivity contribution is 5.92. The van der Waals surface area contributed by atoms with Crippen LogP contribution in [0.15, 0.2) is 18.2 Å². The normalized spacial score (nSPS) is 10.1. The van der Waals surface area contributed by atoms with Crippen molar-refractivity contribution >= 4 is 11.6 Å². The first kappa shape index (κ1) is 17.2. The molecule has 4 heteroatoms. The molecule has 1 rings (SSSR count). The third-order valence-electron chi connectivity index (χ3n) is 3.38. The van der Waals surface area contributed by atoms with E-state index in [0.29, 0.717) is 12.1 Å². The molecule has 1 N–H and O–H groups in total. The largest absolute Gasteiger partial charge is 0.325 e. The number of halogens is 1. The molecule has 0 fully saturated rings. The fraction of sp³-hybridized carbons (Fsp3) is 0.529. The van der Waals surface area contributed by atoms with Crippen LogP contribution in [0.5, 0.6) is 0 Å². The van der Waals surface area contributed by atoms with Crippen molar-refractivity contribution in [2.75, 3.05) is 5.32 Å². The summed E-state index contributed by atoms with van der Waals surface area (Å²) in [5.74, 6) is -0.594. The first-order valence-electron chi connectivity index (χ1n) is 7.67. The van der Waals surface area contributed by atoms with Crippen LogP contribution in [0.2, 0.25) is 0 Å². The molecule has 0 aliphatic carbocycles. The third kappa shape index (κ3) is 6.89. The van der Waals surface area contributed by atoms with Crippen LogP contribution in [0.25, 0.3) is 0 Å². The van der Waals surface area contributed by atoms with Gasteiger partial charge in [0.1, 0.15) is 11.9 Å². The summed E-state index contributed by atoms with van der Waals surface area (Å²) in [5, 5.41) is 11.6. The van der Waals surface area contributed by atoms with Gasteiger partial charge >= 0.3 is 0 Å². The number of hydrogen-bond donors (Lipinski definition) is 1. The van der Waals surface area contributed by atoms with E-state index in [-0.39, 0.29) is 11.5 Å². The van der Waals surface area contributed by atoms with Crippen LogP contribution in [0.1, 0.15) is 63.9 Å². The van der Waals surface area contributed by atoms with Crippen LogP contribution < -0.4 is 5.32 Å². The molecule has 0 heterocycles. The number of nitrogens with one attached hydrogen (secondary N) is 1. The molecule has 1 aromatic carbocycles. The summed E-state index contributed by atoms with van der Waals surface area (Å²) in [7, 11) is 0. The summed E-state index contributed by atoms with van der Waals surface area (Å²) >= 11 is 0. The molecule has 0 bridgehead atoms. The lowest BCUT2D eigenvalue weighted by molar-refractivity contribution is -0.116. The SMILES string of the molecule is CCCCCCCCCC(=O)Nc1ccc(F)cc1C#N. The second-order valence-corrected chi connectivity index (χ2v) is 5.22. The van der Waals surface area contributed by atoms with Crippen molar-refractivity contribution in [1.29, 1.82) is 5.26 Å². The van der Waals surface area contributed by atoms with Gasteiger partial charge in [0.15, 0.2) is 0 Å². The van der Waals surface area contributed by atoms with E-state index in [4.69, 9.17) is 5.26 Å². The van der Waals surface area contributed by atoms with Gasteiger partial charge in [0.2, 0.25) is 5.91 Å². The topological polar surface area (TPSA) is 52.9 Å². The molecule has 3 nitrogen and oxygen atoms in total. The summed E-state index contributed by atoms with van der Waals surface area (Å²) in [6.07, 6.45) is 8.51. The highest BCUT2D eigenvalue weighted by Crippen LogP contribution is 2.17. The Kier molecular flexibility index (Phi) is 8.11. The fourth-order valence-electron chi connectivity index (χ4n) is 2.17. The molecule has 0 spiro atoms. The van der Waals surface area contributed by atoms with Gasteiger partial charge in [0.05, 0.1) is 11.3 Å². The van der Waals surface area contributed by atoms with E-state index in [1.165, 1.54) is 37.8 Å². The van der Waals surface area contributed by atoms with Crippen molar-refractivity contribution in [3.63, 3.8) is 0 Å². The second kappa shape index (κ2) is 9.93. The molecule has 0 saturated carbocycles. The molecule has 0 aliphatic heterocycles. The minimum Gasteiger partial charge on any atom is -0.325 e. The lowest BCUT2D eigenvalue weighted by Crippen LogP contribution is -2.12. The van der Waals surface area contributed by atoms with Crippen LogP contribution in [-0.2, 0) is 4.79 Å². The van der Waals surface area contributed by atoms with Gasteiger partial charge in [-0.2, -0.15) is 5.26 Å². The number of amides is 1.